The molecule has 0 aliphatic heterocycles. The molecule has 1 unspecified atom stereocenters. The number of aliphatic hydroxyl groups is 1. The van der Waals surface area contributed by atoms with Crippen molar-refractivity contribution in [1.29, 1.82) is 0 Å². The van der Waals surface area contributed by atoms with Crippen molar-refractivity contribution < 1.29 is 5.11 Å². The third-order valence-corrected chi connectivity index (χ3v) is 2.91. The fraction of sp³-hybridized carbons (Fsp3) is 0.500. The second-order valence-electron chi connectivity index (χ2n) is 3.92. The van der Waals surface area contributed by atoms with Gasteiger partial charge < -0.3 is 9.67 Å². The van der Waals surface area contributed by atoms with E-state index in [4.69, 9.17) is 0 Å². The molecule has 0 aliphatic rings. The van der Waals surface area contributed by atoms with Gasteiger partial charge in [0.25, 0.3) is 0 Å². The van der Waals surface area contributed by atoms with Gasteiger partial charge in [0.05, 0.1) is 5.69 Å². The van der Waals surface area contributed by atoms with Crippen molar-refractivity contribution in [2.24, 2.45) is 0 Å². The molecule has 2 aromatic rings. The average molecular weight is 234 g/mol. The molecule has 0 saturated carbocycles. The highest BCUT2D eigenvalue weighted by molar-refractivity contribution is 5.08. The van der Waals surface area contributed by atoms with E-state index in [1.165, 1.54) is 0 Å². The Labute approximate surface area is 101 Å². The Hall–Kier alpha value is -1.62. The molecule has 2 rings (SSSR count). The molecule has 0 fully saturated rings. The molecule has 5 nitrogen and oxygen atoms in total. The van der Waals surface area contributed by atoms with Crippen LogP contribution in [-0.4, -0.2) is 24.4 Å². The quantitative estimate of drug-likeness (QED) is 0.850. The molecular formula is C12H18N4O. The molecule has 0 amide bonds. The number of rotatable bonds is 5. The largest absolute Gasteiger partial charge is 0.386 e. The summed E-state index contributed by atoms with van der Waals surface area (Å²) in [7, 11) is 0. The molecule has 1 atom stereocenters. The molecule has 0 bridgehead atoms. The summed E-state index contributed by atoms with van der Waals surface area (Å²) in [5.74, 6) is 0.906. The standard InChI is InChI=1S/C12H18N4O/c1-3-15-8-7-13-12(15)9-11(17)10-5-6-14-16(10)4-2/h5-8,11,17H,3-4,9H2,1-2H3. The first-order valence-electron chi connectivity index (χ1n) is 5.96. The molecule has 92 valence electrons. The Bertz CT molecular complexity index is 474. The summed E-state index contributed by atoms with van der Waals surface area (Å²) in [5.41, 5.74) is 0.846. The molecule has 0 spiro atoms. The van der Waals surface area contributed by atoms with Crippen LogP contribution in [0, 0.1) is 0 Å². The summed E-state index contributed by atoms with van der Waals surface area (Å²) in [6, 6.07) is 1.85. The van der Waals surface area contributed by atoms with Crippen LogP contribution in [0.25, 0.3) is 0 Å². The van der Waals surface area contributed by atoms with Crippen molar-refractivity contribution in [3.05, 3.63) is 36.2 Å². The Kier molecular flexibility index (Phi) is 3.58. The van der Waals surface area contributed by atoms with Gasteiger partial charge in [-0.2, -0.15) is 5.10 Å². The lowest BCUT2D eigenvalue weighted by Crippen LogP contribution is -2.12. The van der Waals surface area contributed by atoms with Crippen LogP contribution in [0.2, 0.25) is 0 Å². The van der Waals surface area contributed by atoms with Crippen molar-refractivity contribution in [3.8, 4) is 0 Å². The lowest BCUT2D eigenvalue weighted by atomic mass is 10.2. The van der Waals surface area contributed by atoms with E-state index in [2.05, 4.69) is 17.0 Å². The average Bonchev–Trinajstić information content (AvgIpc) is 2.96. The van der Waals surface area contributed by atoms with E-state index < -0.39 is 6.10 Å². The van der Waals surface area contributed by atoms with Crippen LogP contribution in [0.15, 0.2) is 24.7 Å². The second-order valence-corrected chi connectivity index (χ2v) is 3.92. The van der Waals surface area contributed by atoms with E-state index in [-0.39, 0.29) is 0 Å². The number of imidazole rings is 1. The highest BCUT2D eigenvalue weighted by Gasteiger charge is 2.15. The summed E-state index contributed by atoms with van der Waals surface area (Å²) >= 11 is 0. The summed E-state index contributed by atoms with van der Waals surface area (Å²) in [6.07, 6.45) is 5.38. The van der Waals surface area contributed by atoms with Crippen LogP contribution >= 0.6 is 0 Å². The smallest absolute Gasteiger partial charge is 0.111 e. The molecule has 17 heavy (non-hydrogen) atoms. The number of hydrogen-bond acceptors (Lipinski definition) is 3. The molecule has 0 radical (unpaired) electrons. The van der Waals surface area contributed by atoms with Gasteiger partial charge in [-0.15, -0.1) is 0 Å². The van der Waals surface area contributed by atoms with Gasteiger partial charge in [0, 0.05) is 38.1 Å². The van der Waals surface area contributed by atoms with Crippen molar-refractivity contribution in [2.45, 2.75) is 39.5 Å². The topological polar surface area (TPSA) is 55.9 Å². The summed E-state index contributed by atoms with van der Waals surface area (Å²) in [4.78, 5) is 4.27. The molecule has 2 aromatic heterocycles. The van der Waals surface area contributed by atoms with Crippen LogP contribution in [-0.2, 0) is 19.5 Å². The zero-order valence-corrected chi connectivity index (χ0v) is 10.2. The molecule has 0 aliphatic carbocycles. The summed E-state index contributed by atoms with van der Waals surface area (Å²) in [5, 5.41) is 14.4. The van der Waals surface area contributed by atoms with Crippen molar-refractivity contribution in [2.75, 3.05) is 0 Å². The maximum atomic E-state index is 10.2. The van der Waals surface area contributed by atoms with Crippen LogP contribution < -0.4 is 0 Å². The number of aryl methyl sites for hydroxylation is 2. The molecular weight excluding hydrogens is 216 g/mol. The van der Waals surface area contributed by atoms with Gasteiger partial charge in [0.2, 0.25) is 0 Å². The van der Waals surface area contributed by atoms with E-state index in [9.17, 15) is 5.11 Å². The lowest BCUT2D eigenvalue weighted by molar-refractivity contribution is 0.163. The summed E-state index contributed by atoms with van der Waals surface area (Å²) in [6.45, 7) is 5.71. The minimum Gasteiger partial charge on any atom is -0.386 e. The molecule has 0 saturated heterocycles. The van der Waals surface area contributed by atoms with Gasteiger partial charge in [0.15, 0.2) is 0 Å². The van der Waals surface area contributed by atoms with E-state index in [0.717, 1.165) is 24.6 Å². The zero-order chi connectivity index (χ0) is 12.3. The van der Waals surface area contributed by atoms with Gasteiger partial charge in [-0.25, -0.2) is 4.98 Å². The van der Waals surface area contributed by atoms with Crippen molar-refractivity contribution in [3.63, 3.8) is 0 Å². The molecule has 1 N–H and O–H groups in total. The predicted molar refractivity (Wildman–Crippen MR) is 64.5 cm³/mol. The summed E-state index contributed by atoms with van der Waals surface area (Å²) < 4.78 is 3.85. The maximum Gasteiger partial charge on any atom is 0.111 e. The van der Waals surface area contributed by atoms with Gasteiger partial charge in [-0.05, 0) is 19.9 Å². The first kappa shape index (κ1) is 11.9. The number of aromatic nitrogens is 4. The molecule has 0 aromatic carbocycles. The third-order valence-electron chi connectivity index (χ3n) is 2.91. The number of hydrogen-bond donors (Lipinski definition) is 1. The van der Waals surface area contributed by atoms with E-state index in [1.807, 2.05) is 28.4 Å². The minimum atomic E-state index is -0.551. The van der Waals surface area contributed by atoms with Crippen LogP contribution in [0.1, 0.15) is 31.5 Å². The monoisotopic (exact) mass is 234 g/mol. The van der Waals surface area contributed by atoms with Crippen molar-refractivity contribution >= 4 is 0 Å². The third kappa shape index (κ3) is 2.39. The van der Waals surface area contributed by atoms with E-state index in [1.54, 1.807) is 12.4 Å². The van der Waals surface area contributed by atoms with Gasteiger partial charge in [0.1, 0.15) is 11.9 Å². The first-order valence-corrected chi connectivity index (χ1v) is 5.96. The van der Waals surface area contributed by atoms with Crippen LogP contribution in [0.3, 0.4) is 0 Å². The Balaban J connectivity index is 2.14. The van der Waals surface area contributed by atoms with Gasteiger partial charge >= 0.3 is 0 Å². The fourth-order valence-electron chi connectivity index (χ4n) is 1.99. The fourth-order valence-corrected chi connectivity index (χ4v) is 1.99. The lowest BCUT2D eigenvalue weighted by Gasteiger charge is -2.12. The van der Waals surface area contributed by atoms with Crippen molar-refractivity contribution in [1.82, 2.24) is 19.3 Å². The molecule has 2 heterocycles. The number of nitrogens with zero attached hydrogens (tertiary/aromatic N) is 4. The van der Waals surface area contributed by atoms with E-state index >= 15 is 0 Å². The highest BCUT2D eigenvalue weighted by Crippen LogP contribution is 2.17. The molecule has 5 heteroatoms. The second kappa shape index (κ2) is 5.14. The Morgan fingerprint density at radius 3 is 2.82 bits per heavy atom. The SMILES string of the molecule is CCn1ccnc1CC(O)c1ccnn1CC. The van der Waals surface area contributed by atoms with Gasteiger partial charge in [-0.3, -0.25) is 4.68 Å². The maximum absolute atomic E-state index is 10.2. The van der Waals surface area contributed by atoms with E-state index in [0.29, 0.717) is 6.42 Å². The Morgan fingerprint density at radius 2 is 2.12 bits per heavy atom. The Morgan fingerprint density at radius 1 is 1.29 bits per heavy atom. The van der Waals surface area contributed by atoms with Gasteiger partial charge in [-0.1, -0.05) is 0 Å². The number of aliphatic hydroxyl groups excluding tert-OH is 1. The highest BCUT2D eigenvalue weighted by atomic mass is 16.3. The predicted octanol–water partition coefficient (Wildman–Crippen LogP) is 1.40. The minimum absolute atomic E-state index is 0.520. The van der Waals surface area contributed by atoms with Crippen LogP contribution in [0.4, 0.5) is 0 Å². The normalized spacial score (nSPS) is 12.9. The van der Waals surface area contributed by atoms with Crippen LogP contribution in [0.5, 0.6) is 0 Å². The first-order chi connectivity index (χ1) is 8.26. The zero-order valence-electron chi connectivity index (χ0n) is 10.2.